The Morgan fingerprint density at radius 1 is 1.19 bits per heavy atom. The van der Waals surface area contributed by atoms with E-state index < -0.39 is 0 Å². The van der Waals surface area contributed by atoms with Crippen LogP contribution >= 0.6 is 0 Å². The van der Waals surface area contributed by atoms with Crippen LogP contribution < -0.4 is 15.2 Å². The average Bonchev–Trinajstić information content (AvgIpc) is 2.47. The van der Waals surface area contributed by atoms with Crippen LogP contribution in [0.3, 0.4) is 0 Å². The minimum Gasteiger partial charge on any atom is -0.497 e. The van der Waals surface area contributed by atoms with Crippen LogP contribution in [0.5, 0.6) is 11.5 Å². The summed E-state index contributed by atoms with van der Waals surface area (Å²) < 4.78 is 16.6. The van der Waals surface area contributed by atoms with E-state index in [-0.39, 0.29) is 6.04 Å². The van der Waals surface area contributed by atoms with Gasteiger partial charge in [-0.2, -0.15) is 0 Å². The molecule has 2 N–H and O–H groups in total. The molecule has 1 rings (SSSR count). The van der Waals surface area contributed by atoms with Gasteiger partial charge in [-0.1, -0.05) is 26.8 Å². The molecular weight excluding hydrogens is 266 g/mol. The van der Waals surface area contributed by atoms with Crippen LogP contribution in [0.2, 0.25) is 0 Å². The van der Waals surface area contributed by atoms with E-state index in [1.165, 1.54) is 0 Å². The summed E-state index contributed by atoms with van der Waals surface area (Å²) in [4.78, 5) is 0. The van der Waals surface area contributed by atoms with E-state index in [1.807, 2.05) is 18.2 Å². The molecule has 1 unspecified atom stereocenters. The number of rotatable bonds is 10. The highest BCUT2D eigenvalue weighted by Gasteiger charge is 2.09. The summed E-state index contributed by atoms with van der Waals surface area (Å²) in [7, 11) is 1.66. The molecule has 0 radical (unpaired) electrons. The molecular formula is C17H29NO3. The molecule has 0 heterocycles. The monoisotopic (exact) mass is 295 g/mol. The van der Waals surface area contributed by atoms with Crippen molar-refractivity contribution in [1.29, 1.82) is 0 Å². The van der Waals surface area contributed by atoms with Crippen LogP contribution in [-0.4, -0.2) is 33.0 Å². The first-order valence-corrected chi connectivity index (χ1v) is 7.69. The highest BCUT2D eigenvalue weighted by molar-refractivity contribution is 5.41. The third-order valence-electron chi connectivity index (χ3n) is 3.22. The van der Waals surface area contributed by atoms with E-state index >= 15 is 0 Å². The third-order valence-corrected chi connectivity index (χ3v) is 3.22. The molecule has 1 aromatic carbocycles. The molecule has 0 aromatic heterocycles. The first kappa shape index (κ1) is 17.8. The molecule has 21 heavy (non-hydrogen) atoms. The zero-order chi connectivity index (χ0) is 15.7. The molecule has 1 atom stereocenters. The highest BCUT2D eigenvalue weighted by atomic mass is 16.5. The summed E-state index contributed by atoms with van der Waals surface area (Å²) in [6.45, 7) is 8.24. The van der Waals surface area contributed by atoms with Crippen molar-refractivity contribution in [3.8, 4) is 11.5 Å². The third kappa shape index (κ3) is 6.82. The standard InChI is InChI=1S/C17H29NO3/c1-5-15(18)10-14-6-7-16(19-4)11-17(14)21-9-8-20-12-13(2)3/h6-7,11,13,15H,5,8-10,12,18H2,1-4H3. The van der Waals surface area contributed by atoms with E-state index in [1.54, 1.807) is 7.11 Å². The second-order valence-electron chi connectivity index (χ2n) is 5.66. The van der Waals surface area contributed by atoms with Crippen LogP contribution in [0.15, 0.2) is 18.2 Å². The highest BCUT2D eigenvalue weighted by Crippen LogP contribution is 2.26. The summed E-state index contributed by atoms with van der Waals surface area (Å²) in [5.74, 6) is 2.17. The van der Waals surface area contributed by atoms with Gasteiger partial charge in [-0.25, -0.2) is 0 Å². The zero-order valence-corrected chi connectivity index (χ0v) is 13.7. The van der Waals surface area contributed by atoms with Gasteiger partial charge in [0.1, 0.15) is 18.1 Å². The maximum Gasteiger partial charge on any atom is 0.126 e. The molecule has 0 saturated heterocycles. The van der Waals surface area contributed by atoms with Crippen molar-refractivity contribution in [1.82, 2.24) is 0 Å². The minimum atomic E-state index is 0.151. The largest absolute Gasteiger partial charge is 0.497 e. The fraction of sp³-hybridized carbons (Fsp3) is 0.647. The van der Waals surface area contributed by atoms with Gasteiger partial charge in [0.05, 0.1) is 13.7 Å². The number of methoxy groups -OCH3 is 1. The molecule has 0 amide bonds. The van der Waals surface area contributed by atoms with Crippen molar-refractivity contribution >= 4 is 0 Å². The van der Waals surface area contributed by atoms with Gasteiger partial charge >= 0.3 is 0 Å². The minimum absolute atomic E-state index is 0.151. The van der Waals surface area contributed by atoms with Crippen molar-refractivity contribution in [2.45, 2.75) is 39.7 Å². The van der Waals surface area contributed by atoms with E-state index in [2.05, 4.69) is 20.8 Å². The number of ether oxygens (including phenoxy) is 3. The maximum atomic E-state index is 6.04. The Morgan fingerprint density at radius 2 is 1.95 bits per heavy atom. The van der Waals surface area contributed by atoms with Gasteiger partial charge in [0.15, 0.2) is 0 Å². The molecule has 0 spiro atoms. The average molecular weight is 295 g/mol. The van der Waals surface area contributed by atoms with Gasteiger partial charge < -0.3 is 19.9 Å². The van der Waals surface area contributed by atoms with Gasteiger partial charge in [0.2, 0.25) is 0 Å². The number of nitrogens with two attached hydrogens (primary N) is 1. The lowest BCUT2D eigenvalue weighted by Gasteiger charge is -2.16. The van der Waals surface area contributed by atoms with Crippen molar-refractivity contribution < 1.29 is 14.2 Å². The predicted molar refractivity (Wildman–Crippen MR) is 86.1 cm³/mol. The molecule has 1 aromatic rings. The molecule has 4 nitrogen and oxygen atoms in total. The smallest absolute Gasteiger partial charge is 0.126 e. The van der Waals surface area contributed by atoms with Crippen LogP contribution in [0.25, 0.3) is 0 Å². The lowest BCUT2D eigenvalue weighted by Crippen LogP contribution is -2.22. The predicted octanol–water partition coefficient (Wildman–Crippen LogP) is 3.03. The van der Waals surface area contributed by atoms with E-state index in [9.17, 15) is 0 Å². The normalized spacial score (nSPS) is 12.5. The fourth-order valence-corrected chi connectivity index (χ4v) is 1.92. The van der Waals surface area contributed by atoms with Crippen molar-refractivity contribution in [3.05, 3.63) is 23.8 Å². The lowest BCUT2D eigenvalue weighted by atomic mass is 10.0. The molecule has 0 aliphatic heterocycles. The molecule has 0 fully saturated rings. The number of hydrogen-bond donors (Lipinski definition) is 1. The number of benzene rings is 1. The quantitative estimate of drug-likeness (QED) is 0.674. The van der Waals surface area contributed by atoms with Crippen molar-refractivity contribution in [3.63, 3.8) is 0 Å². The Labute approximate surface area is 128 Å². The Hall–Kier alpha value is -1.26. The summed E-state index contributed by atoms with van der Waals surface area (Å²) in [6, 6.07) is 6.04. The van der Waals surface area contributed by atoms with Crippen LogP contribution in [0.1, 0.15) is 32.8 Å². The second-order valence-corrected chi connectivity index (χ2v) is 5.66. The van der Waals surface area contributed by atoms with Crippen LogP contribution in [0.4, 0.5) is 0 Å². The summed E-state index contributed by atoms with van der Waals surface area (Å²) in [5, 5.41) is 0. The molecule has 120 valence electrons. The Balaban J connectivity index is 2.59. The van der Waals surface area contributed by atoms with E-state index in [0.717, 1.165) is 36.5 Å². The van der Waals surface area contributed by atoms with Gasteiger partial charge in [0.25, 0.3) is 0 Å². The van der Waals surface area contributed by atoms with Gasteiger partial charge in [-0.05, 0) is 30.4 Å². The lowest BCUT2D eigenvalue weighted by molar-refractivity contribution is 0.0815. The van der Waals surface area contributed by atoms with E-state index in [0.29, 0.717) is 19.1 Å². The van der Waals surface area contributed by atoms with Gasteiger partial charge in [0, 0.05) is 18.7 Å². The van der Waals surface area contributed by atoms with Gasteiger partial charge in [-0.3, -0.25) is 0 Å². The first-order valence-electron chi connectivity index (χ1n) is 7.69. The SMILES string of the molecule is CCC(N)Cc1ccc(OC)cc1OCCOCC(C)C. The zero-order valence-electron chi connectivity index (χ0n) is 13.7. The Kier molecular flexibility index (Phi) is 8.16. The molecule has 0 aliphatic rings. The van der Waals surface area contributed by atoms with Crippen LogP contribution in [0, 0.1) is 5.92 Å². The van der Waals surface area contributed by atoms with Crippen molar-refractivity contribution in [2.75, 3.05) is 26.9 Å². The van der Waals surface area contributed by atoms with Crippen LogP contribution in [-0.2, 0) is 11.2 Å². The first-order chi connectivity index (χ1) is 10.1. The summed E-state index contributed by atoms with van der Waals surface area (Å²) in [6.07, 6.45) is 1.76. The molecule has 0 saturated carbocycles. The Bertz CT molecular complexity index is 407. The fourth-order valence-electron chi connectivity index (χ4n) is 1.92. The molecule has 0 aliphatic carbocycles. The molecule has 0 bridgehead atoms. The Morgan fingerprint density at radius 3 is 2.57 bits per heavy atom. The summed E-state index contributed by atoms with van der Waals surface area (Å²) >= 11 is 0. The second kappa shape index (κ2) is 9.64. The topological polar surface area (TPSA) is 53.7 Å². The number of hydrogen-bond acceptors (Lipinski definition) is 4. The van der Waals surface area contributed by atoms with Crippen molar-refractivity contribution in [2.24, 2.45) is 11.7 Å². The summed E-state index contributed by atoms with van der Waals surface area (Å²) in [5.41, 5.74) is 7.16. The van der Waals surface area contributed by atoms with E-state index in [4.69, 9.17) is 19.9 Å². The van der Waals surface area contributed by atoms with Gasteiger partial charge in [-0.15, -0.1) is 0 Å². The molecule has 4 heteroatoms. The maximum absolute atomic E-state index is 6.04.